The van der Waals surface area contributed by atoms with Gasteiger partial charge in [0.25, 0.3) is 0 Å². The Balaban J connectivity index is 4.24. The first-order valence-electron chi connectivity index (χ1n) is 4.18. The maximum atomic E-state index is 9.85. The van der Waals surface area contributed by atoms with E-state index in [9.17, 15) is 5.11 Å². The average molecular weight is 268 g/mol. The molecule has 0 aromatic heterocycles. The molecule has 13 heavy (non-hydrogen) atoms. The molecule has 0 heterocycles. The third-order valence-electron chi connectivity index (χ3n) is 1.77. The second kappa shape index (κ2) is 5.84. The molecule has 0 saturated carbocycles. The molecule has 0 saturated heterocycles. The van der Waals surface area contributed by atoms with Gasteiger partial charge < -0.3 is 5.11 Å². The lowest BCUT2D eigenvalue weighted by Gasteiger charge is -2.24. The molecule has 76 valence electrons. The van der Waals surface area contributed by atoms with Gasteiger partial charge in [0.15, 0.2) is 0 Å². The SMILES string of the molecule is CC(C)=CC[C@@H](Br)[C@](C)(O)/C=C/Cl. The number of hydrogen-bond acceptors (Lipinski definition) is 1. The minimum absolute atomic E-state index is 0.00935. The highest BCUT2D eigenvalue weighted by atomic mass is 79.9. The molecule has 0 unspecified atom stereocenters. The van der Waals surface area contributed by atoms with Crippen molar-refractivity contribution in [1.29, 1.82) is 0 Å². The Bertz CT molecular complexity index is 205. The van der Waals surface area contributed by atoms with Crippen LogP contribution in [0.5, 0.6) is 0 Å². The third kappa shape index (κ3) is 5.50. The Morgan fingerprint density at radius 3 is 2.54 bits per heavy atom. The van der Waals surface area contributed by atoms with Crippen molar-refractivity contribution in [3.63, 3.8) is 0 Å². The van der Waals surface area contributed by atoms with Gasteiger partial charge in [-0.05, 0) is 33.3 Å². The van der Waals surface area contributed by atoms with E-state index in [-0.39, 0.29) is 4.83 Å². The van der Waals surface area contributed by atoms with E-state index in [0.29, 0.717) is 0 Å². The molecular weight excluding hydrogens is 251 g/mol. The van der Waals surface area contributed by atoms with E-state index >= 15 is 0 Å². The van der Waals surface area contributed by atoms with Crippen molar-refractivity contribution in [2.75, 3.05) is 0 Å². The van der Waals surface area contributed by atoms with Crippen LogP contribution in [-0.4, -0.2) is 15.5 Å². The Morgan fingerprint density at radius 1 is 1.62 bits per heavy atom. The molecule has 0 aliphatic rings. The van der Waals surface area contributed by atoms with Gasteiger partial charge in [0, 0.05) is 5.54 Å². The molecule has 3 heteroatoms. The van der Waals surface area contributed by atoms with Crippen molar-refractivity contribution in [2.45, 2.75) is 37.6 Å². The molecule has 0 aromatic carbocycles. The van der Waals surface area contributed by atoms with Crippen LogP contribution in [-0.2, 0) is 0 Å². The van der Waals surface area contributed by atoms with Gasteiger partial charge in [-0.25, -0.2) is 0 Å². The van der Waals surface area contributed by atoms with Crippen molar-refractivity contribution >= 4 is 27.5 Å². The van der Waals surface area contributed by atoms with Gasteiger partial charge in [-0.2, -0.15) is 0 Å². The number of aliphatic hydroxyl groups is 1. The van der Waals surface area contributed by atoms with E-state index in [1.807, 2.05) is 13.8 Å². The van der Waals surface area contributed by atoms with Crippen LogP contribution in [0.4, 0.5) is 0 Å². The van der Waals surface area contributed by atoms with Crippen LogP contribution in [0.1, 0.15) is 27.2 Å². The molecule has 1 nitrogen and oxygen atoms in total. The van der Waals surface area contributed by atoms with E-state index in [1.165, 1.54) is 11.1 Å². The van der Waals surface area contributed by atoms with E-state index in [0.717, 1.165) is 6.42 Å². The highest BCUT2D eigenvalue weighted by Gasteiger charge is 2.25. The third-order valence-corrected chi connectivity index (χ3v) is 3.19. The van der Waals surface area contributed by atoms with Crippen molar-refractivity contribution < 1.29 is 5.11 Å². The average Bonchev–Trinajstić information content (AvgIpc) is 1.99. The number of hydrogen-bond donors (Lipinski definition) is 1. The van der Waals surface area contributed by atoms with Crippen molar-refractivity contribution in [3.05, 3.63) is 23.3 Å². The molecule has 0 aliphatic carbocycles. The summed E-state index contributed by atoms with van der Waals surface area (Å²) in [5.74, 6) is 0. The van der Waals surface area contributed by atoms with Gasteiger partial charge in [0.2, 0.25) is 0 Å². The highest BCUT2D eigenvalue weighted by molar-refractivity contribution is 9.09. The van der Waals surface area contributed by atoms with Crippen LogP contribution in [0.25, 0.3) is 0 Å². The smallest absolute Gasteiger partial charge is 0.0938 e. The fraction of sp³-hybridized carbons (Fsp3) is 0.600. The largest absolute Gasteiger partial charge is 0.385 e. The molecule has 1 N–H and O–H groups in total. The highest BCUT2D eigenvalue weighted by Crippen LogP contribution is 2.23. The summed E-state index contributed by atoms with van der Waals surface area (Å²) < 4.78 is 0. The maximum absolute atomic E-state index is 9.85. The molecule has 0 bridgehead atoms. The molecule has 0 fully saturated rings. The first kappa shape index (κ1) is 13.2. The second-order valence-electron chi connectivity index (χ2n) is 3.50. The summed E-state index contributed by atoms with van der Waals surface area (Å²) in [6.45, 7) is 5.79. The normalized spacial score (nSPS) is 18.3. The summed E-state index contributed by atoms with van der Waals surface area (Å²) in [4.78, 5) is -0.00935. The van der Waals surface area contributed by atoms with Gasteiger partial charge in [0.05, 0.1) is 10.4 Å². The molecule has 0 rings (SSSR count). The molecule has 2 atom stereocenters. The molecule has 0 amide bonds. The Hall–Kier alpha value is 0.210. The summed E-state index contributed by atoms with van der Waals surface area (Å²) in [5.41, 5.74) is 1.69. The van der Waals surface area contributed by atoms with Gasteiger partial charge in [-0.15, -0.1) is 0 Å². The van der Waals surface area contributed by atoms with Gasteiger partial charge in [-0.3, -0.25) is 0 Å². The monoisotopic (exact) mass is 266 g/mol. The summed E-state index contributed by atoms with van der Waals surface area (Å²) in [5, 5.41) is 9.85. The zero-order chi connectivity index (χ0) is 10.5. The van der Waals surface area contributed by atoms with E-state index in [4.69, 9.17) is 11.6 Å². The van der Waals surface area contributed by atoms with Crippen LogP contribution < -0.4 is 0 Å². The van der Waals surface area contributed by atoms with Crippen LogP contribution in [0.2, 0.25) is 0 Å². The zero-order valence-corrected chi connectivity index (χ0v) is 10.6. The van der Waals surface area contributed by atoms with E-state index in [1.54, 1.807) is 13.0 Å². The van der Waals surface area contributed by atoms with Crippen LogP contribution >= 0.6 is 27.5 Å². The fourth-order valence-electron chi connectivity index (χ4n) is 0.810. The van der Waals surface area contributed by atoms with Crippen molar-refractivity contribution in [2.24, 2.45) is 0 Å². The minimum Gasteiger partial charge on any atom is -0.385 e. The summed E-state index contributed by atoms with van der Waals surface area (Å²) in [7, 11) is 0. The standard InChI is InChI=1S/C10H16BrClO/c1-8(2)4-5-9(11)10(3,13)6-7-12/h4,6-7,9,13H,5H2,1-3H3/b7-6+/t9-,10-/m1/s1. The first-order chi connectivity index (χ1) is 5.90. The summed E-state index contributed by atoms with van der Waals surface area (Å²) >= 11 is 8.84. The predicted octanol–water partition coefficient (Wildman–Crippen LogP) is 3.61. The quantitative estimate of drug-likeness (QED) is 0.609. The topological polar surface area (TPSA) is 20.2 Å². The Kier molecular flexibility index (Phi) is 5.93. The first-order valence-corrected chi connectivity index (χ1v) is 5.53. The molecule has 0 aromatic rings. The predicted molar refractivity (Wildman–Crippen MR) is 62.4 cm³/mol. The van der Waals surface area contributed by atoms with E-state index in [2.05, 4.69) is 22.0 Å². The number of allylic oxidation sites excluding steroid dienone is 2. The van der Waals surface area contributed by atoms with Gasteiger partial charge in [-0.1, -0.05) is 39.2 Å². The Morgan fingerprint density at radius 2 is 2.15 bits per heavy atom. The molecule has 0 aliphatic heterocycles. The second-order valence-corrected chi connectivity index (χ2v) is 4.86. The molecule has 0 radical (unpaired) electrons. The number of halogens is 2. The summed E-state index contributed by atoms with van der Waals surface area (Å²) in [6.07, 6.45) is 4.44. The Labute approximate surface area is 93.6 Å². The minimum atomic E-state index is -0.895. The van der Waals surface area contributed by atoms with Crippen LogP contribution in [0, 0.1) is 0 Å². The van der Waals surface area contributed by atoms with Crippen molar-refractivity contribution in [1.82, 2.24) is 0 Å². The zero-order valence-electron chi connectivity index (χ0n) is 8.22. The van der Waals surface area contributed by atoms with Crippen molar-refractivity contribution in [3.8, 4) is 0 Å². The molecular formula is C10H16BrClO. The lowest BCUT2D eigenvalue weighted by molar-refractivity contribution is 0.111. The van der Waals surface area contributed by atoms with E-state index < -0.39 is 5.60 Å². The number of alkyl halides is 1. The number of rotatable bonds is 4. The van der Waals surface area contributed by atoms with Crippen LogP contribution in [0.15, 0.2) is 23.3 Å². The summed E-state index contributed by atoms with van der Waals surface area (Å²) in [6, 6.07) is 0. The lowest BCUT2D eigenvalue weighted by Crippen LogP contribution is -2.32. The molecule has 0 spiro atoms. The van der Waals surface area contributed by atoms with Crippen LogP contribution in [0.3, 0.4) is 0 Å². The van der Waals surface area contributed by atoms with Gasteiger partial charge in [0.1, 0.15) is 0 Å². The fourth-order valence-corrected chi connectivity index (χ4v) is 1.40. The lowest BCUT2D eigenvalue weighted by atomic mass is 10.00. The van der Waals surface area contributed by atoms with Gasteiger partial charge >= 0.3 is 0 Å². The maximum Gasteiger partial charge on any atom is 0.0938 e.